The number of nitrogens with zero attached hydrogens (tertiary/aromatic N) is 7. The van der Waals surface area contributed by atoms with Crippen molar-refractivity contribution in [1.29, 1.82) is 0 Å². The van der Waals surface area contributed by atoms with E-state index < -0.39 is 10.0 Å². The van der Waals surface area contributed by atoms with Crippen molar-refractivity contribution in [2.45, 2.75) is 17.0 Å². The number of benzene rings is 4. The van der Waals surface area contributed by atoms with Crippen LogP contribution in [0, 0.1) is 6.92 Å². The van der Waals surface area contributed by atoms with Crippen molar-refractivity contribution in [3.05, 3.63) is 118 Å². The third-order valence-electron chi connectivity index (χ3n) is 8.77. The van der Waals surface area contributed by atoms with Crippen molar-refractivity contribution in [3.8, 4) is 22.8 Å². The van der Waals surface area contributed by atoms with Crippen LogP contribution in [0.5, 0.6) is 0 Å². The summed E-state index contributed by atoms with van der Waals surface area (Å²) in [6.07, 6.45) is 0. The summed E-state index contributed by atoms with van der Waals surface area (Å²) in [4.78, 5) is 29.5. The molecule has 3 heterocycles. The number of piperazine rings is 1. The number of thioether (sulfide) groups is 1. The van der Waals surface area contributed by atoms with Gasteiger partial charge in [-0.15, -0.1) is 10.2 Å². The molecular formula is C35H32BrN7O4S2. The van der Waals surface area contributed by atoms with Gasteiger partial charge in [-0.25, -0.2) is 13.1 Å². The third-order valence-corrected chi connectivity index (χ3v) is 12.3. The first kappa shape index (κ1) is 33.0. The molecule has 0 spiro atoms. The van der Waals surface area contributed by atoms with Crippen LogP contribution in [-0.2, 0) is 21.9 Å². The van der Waals surface area contributed by atoms with E-state index in [9.17, 15) is 18.0 Å². The standard InChI is InChI=1S/C35H32BrN7O4S2/c1-24-32(34(45)43(39(24)2)27-12-4-3-5-13-27)42-33(29-14-8-9-15-30(29)36)37-38-35(42)48-23-31(44)40-18-20-41(21-19-40)49(46,47)28-17-16-25-10-6-7-11-26(25)22-28/h3-17,22H,18-21,23H2,1-2H3. The molecule has 1 amide bonds. The van der Waals surface area contributed by atoms with Crippen molar-refractivity contribution in [2.24, 2.45) is 7.05 Å². The molecule has 2 aromatic heterocycles. The maximum absolute atomic E-state index is 14.1. The Labute approximate surface area is 295 Å². The topological polar surface area (TPSA) is 115 Å². The van der Waals surface area contributed by atoms with Crippen LogP contribution in [0.25, 0.3) is 33.5 Å². The molecule has 1 fully saturated rings. The second kappa shape index (κ2) is 13.4. The van der Waals surface area contributed by atoms with E-state index in [1.165, 1.54) is 16.1 Å². The van der Waals surface area contributed by atoms with Crippen LogP contribution in [0.2, 0.25) is 0 Å². The van der Waals surface area contributed by atoms with Gasteiger partial charge >= 0.3 is 0 Å². The van der Waals surface area contributed by atoms with Crippen LogP contribution in [0.4, 0.5) is 0 Å². The van der Waals surface area contributed by atoms with E-state index in [2.05, 4.69) is 26.1 Å². The largest absolute Gasteiger partial charge is 0.339 e. The average molecular weight is 759 g/mol. The molecule has 1 aliphatic rings. The zero-order valence-corrected chi connectivity index (χ0v) is 30.0. The number of hydrogen-bond donors (Lipinski definition) is 0. The Kier molecular flexibility index (Phi) is 9.05. The SMILES string of the molecule is Cc1c(-n2c(SCC(=O)N3CCN(S(=O)(=O)c4ccc5ccccc5c4)CC3)nnc2-c2ccccc2Br)c(=O)n(-c2ccccc2)n1C. The lowest BCUT2D eigenvalue weighted by molar-refractivity contribution is -0.129. The Balaban J connectivity index is 1.13. The first-order chi connectivity index (χ1) is 23.6. The van der Waals surface area contributed by atoms with Crippen molar-refractivity contribution in [3.63, 3.8) is 0 Å². The van der Waals surface area contributed by atoms with Gasteiger partial charge < -0.3 is 4.90 Å². The third kappa shape index (κ3) is 6.14. The lowest BCUT2D eigenvalue weighted by Gasteiger charge is -2.34. The Hall–Kier alpha value is -4.50. The van der Waals surface area contributed by atoms with Gasteiger partial charge in [-0.1, -0.05) is 94.4 Å². The monoisotopic (exact) mass is 757 g/mol. The van der Waals surface area contributed by atoms with Crippen LogP contribution in [0.3, 0.4) is 0 Å². The number of sulfonamides is 1. The van der Waals surface area contributed by atoms with Crippen molar-refractivity contribution in [2.75, 3.05) is 31.9 Å². The summed E-state index contributed by atoms with van der Waals surface area (Å²) in [5.41, 5.74) is 2.27. The highest BCUT2D eigenvalue weighted by molar-refractivity contribution is 9.10. The van der Waals surface area contributed by atoms with E-state index in [0.29, 0.717) is 28.0 Å². The van der Waals surface area contributed by atoms with Crippen molar-refractivity contribution >= 4 is 54.4 Å². The van der Waals surface area contributed by atoms with Gasteiger partial charge in [0.15, 0.2) is 11.0 Å². The van der Waals surface area contributed by atoms with E-state index in [4.69, 9.17) is 0 Å². The molecule has 250 valence electrons. The molecule has 49 heavy (non-hydrogen) atoms. The van der Waals surface area contributed by atoms with E-state index in [0.717, 1.165) is 20.8 Å². The number of amides is 1. The molecule has 0 atom stereocenters. The molecule has 4 aromatic carbocycles. The van der Waals surface area contributed by atoms with Gasteiger partial charge in [-0.05, 0) is 48.0 Å². The minimum atomic E-state index is -3.72. The molecule has 0 radical (unpaired) electrons. The highest BCUT2D eigenvalue weighted by Gasteiger charge is 2.31. The van der Waals surface area contributed by atoms with E-state index in [-0.39, 0.29) is 48.3 Å². The summed E-state index contributed by atoms with van der Waals surface area (Å²) in [5.74, 6) is 0.335. The maximum Gasteiger partial charge on any atom is 0.296 e. The van der Waals surface area contributed by atoms with E-state index >= 15 is 0 Å². The summed E-state index contributed by atoms with van der Waals surface area (Å²) in [5, 5.41) is 11.2. The molecule has 7 rings (SSSR count). The number of halogens is 1. The molecule has 0 bridgehead atoms. The van der Waals surface area contributed by atoms with E-state index in [1.807, 2.05) is 98.9 Å². The number of carbonyl (C=O) groups excluding carboxylic acids is 1. The molecule has 1 saturated heterocycles. The predicted molar refractivity (Wildman–Crippen MR) is 194 cm³/mol. The Bertz CT molecular complexity index is 2360. The van der Waals surface area contributed by atoms with Gasteiger partial charge in [0.1, 0.15) is 5.69 Å². The molecule has 0 N–H and O–H groups in total. The highest BCUT2D eigenvalue weighted by atomic mass is 79.9. The molecular weight excluding hydrogens is 726 g/mol. The number of carbonyl (C=O) groups is 1. The molecule has 14 heteroatoms. The van der Waals surface area contributed by atoms with Gasteiger partial charge in [0.25, 0.3) is 5.56 Å². The summed E-state index contributed by atoms with van der Waals surface area (Å²) in [6.45, 7) is 2.78. The molecule has 0 aliphatic carbocycles. The maximum atomic E-state index is 14.1. The molecule has 0 unspecified atom stereocenters. The number of para-hydroxylation sites is 1. The molecule has 6 aromatic rings. The molecule has 0 saturated carbocycles. The summed E-state index contributed by atoms with van der Waals surface area (Å²) >= 11 is 4.81. The van der Waals surface area contributed by atoms with Gasteiger partial charge in [-0.3, -0.25) is 18.8 Å². The summed E-state index contributed by atoms with van der Waals surface area (Å²) < 4.78 is 34.3. The zero-order chi connectivity index (χ0) is 34.3. The summed E-state index contributed by atoms with van der Waals surface area (Å²) in [7, 11) is -1.89. The number of rotatable bonds is 8. The zero-order valence-electron chi connectivity index (χ0n) is 26.7. The van der Waals surface area contributed by atoms with Crippen LogP contribution in [0.1, 0.15) is 5.69 Å². The first-order valence-corrected chi connectivity index (χ1v) is 18.8. The fraction of sp³-hybridized carbons (Fsp3) is 0.200. The van der Waals surface area contributed by atoms with Gasteiger partial charge in [-0.2, -0.15) is 4.31 Å². The van der Waals surface area contributed by atoms with E-state index in [1.54, 1.807) is 31.0 Å². The fourth-order valence-electron chi connectivity index (χ4n) is 6.07. The lowest BCUT2D eigenvalue weighted by Crippen LogP contribution is -2.50. The average Bonchev–Trinajstić information content (AvgIpc) is 3.63. The van der Waals surface area contributed by atoms with Gasteiger partial charge in [0, 0.05) is 43.3 Å². The van der Waals surface area contributed by atoms with Crippen LogP contribution >= 0.6 is 27.7 Å². The Morgan fingerprint density at radius 3 is 2.27 bits per heavy atom. The molecule has 11 nitrogen and oxygen atoms in total. The number of fused-ring (bicyclic) bond motifs is 1. The predicted octanol–water partition coefficient (Wildman–Crippen LogP) is 5.27. The lowest BCUT2D eigenvalue weighted by atomic mass is 10.1. The van der Waals surface area contributed by atoms with Gasteiger partial charge in [0.2, 0.25) is 15.9 Å². The van der Waals surface area contributed by atoms with Crippen LogP contribution in [-0.4, -0.2) is 79.6 Å². The summed E-state index contributed by atoms with van der Waals surface area (Å²) in [6, 6.07) is 29.7. The minimum absolute atomic E-state index is 0.0320. The normalized spacial score (nSPS) is 14.1. The Morgan fingerprint density at radius 1 is 0.857 bits per heavy atom. The minimum Gasteiger partial charge on any atom is -0.339 e. The fourth-order valence-corrected chi connectivity index (χ4v) is 8.83. The van der Waals surface area contributed by atoms with Crippen LogP contribution in [0.15, 0.2) is 116 Å². The molecule has 1 aliphatic heterocycles. The Morgan fingerprint density at radius 2 is 1.53 bits per heavy atom. The highest BCUT2D eigenvalue weighted by Crippen LogP contribution is 2.33. The smallest absolute Gasteiger partial charge is 0.296 e. The second-order valence-electron chi connectivity index (χ2n) is 11.6. The van der Waals surface area contributed by atoms with Crippen LogP contribution < -0.4 is 5.56 Å². The van der Waals surface area contributed by atoms with Gasteiger partial charge in [0.05, 0.1) is 22.0 Å². The number of hydrogen-bond acceptors (Lipinski definition) is 7. The van der Waals surface area contributed by atoms with Crippen molar-refractivity contribution in [1.82, 2.24) is 33.3 Å². The quantitative estimate of drug-likeness (QED) is 0.194. The van der Waals surface area contributed by atoms with Crippen molar-refractivity contribution < 1.29 is 13.2 Å². The first-order valence-electron chi connectivity index (χ1n) is 15.6. The number of aromatic nitrogens is 5. The second-order valence-corrected chi connectivity index (χ2v) is 15.3.